The number of carbonyl (C=O) groups excluding carboxylic acids is 2. The lowest BCUT2D eigenvalue weighted by atomic mass is 9.99. The second kappa shape index (κ2) is 11.0. The first-order chi connectivity index (χ1) is 18.0. The third-order valence-corrected chi connectivity index (χ3v) is 6.36. The second-order valence-corrected chi connectivity index (χ2v) is 10.4. The number of carbonyl (C=O) groups is 2. The van der Waals surface area contributed by atoms with Crippen LogP contribution in [0.15, 0.2) is 18.3 Å². The van der Waals surface area contributed by atoms with Crippen LogP contribution in [-0.2, 0) is 16.0 Å². The van der Waals surface area contributed by atoms with E-state index < -0.39 is 11.7 Å². The van der Waals surface area contributed by atoms with E-state index in [0.717, 1.165) is 11.1 Å². The molecule has 1 aliphatic heterocycles. The monoisotopic (exact) mass is 637 g/mol. The number of aromatic nitrogens is 5. The second-order valence-electron chi connectivity index (χ2n) is 9.38. The lowest BCUT2D eigenvalue weighted by Crippen LogP contribution is -2.39. The van der Waals surface area contributed by atoms with Crippen molar-refractivity contribution in [3.05, 3.63) is 33.3 Å². The van der Waals surface area contributed by atoms with Gasteiger partial charge in [-0.2, -0.15) is 10.1 Å². The molecule has 2 amide bonds. The Morgan fingerprint density at radius 1 is 1.24 bits per heavy atom. The molecule has 2 N–H and O–H groups in total. The minimum atomic E-state index is -0.762. The summed E-state index contributed by atoms with van der Waals surface area (Å²) in [5.74, 6) is 0.125. The molecule has 0 bridgehead atoms. The first-order valence-corrected chi connectivity index (χ1v) is 12.8. The van der Waals surface area contributed by atoms with Crippen LogP contribution in [-0.4, -0.2) is 79.8 Å². The summed E-state index contributed by atoms with van der Waals surface area (Å²) in [4.78, 5) is 38.6. The molecule has 0 saturated carbocycles. The molecule has 4 heterocycles. The van der Waals surface area contributed by atoms with Gasteiger partial charge in [0.15, 0.2) is 5.52 Å². The van der Waals surface area contributed by atoms with Gasteiger partial charge in [-0.3, -0.25) is 15.0 Å². The van der Waals surface area contributed by atoms with Crippen LogP contribution in [0.3, 0.4) is 0 Å². The minimum absolute atomic E-state index is 0.110. The fourth-order valence-corrected chi connectivity index (χ4v) is 4.60. The number of methoxy groups -OCH3 is 2. The molecule has 38 heavy (non-hydrogen) atoms. The first-order valence-electron chi connectivity index (χ1n) is 11.7. The van der Waals surface area contributed by atoms with Crippen molar-refractivity contribution in [3.8, 4) is 11.6 Å². The summed E-state index contributed by atoms with van der Waals surface area (Å²) in [6.45, 7) is 6.56. The molecule has 0 atom stereocenters. The van der Waals surface area contributed by atoms with Gasteiger partial charge in [-0.15, -0.1) is 0 Å². The molecule has 0 radical (unpaired) electrons. The molecule has 3 aromatic heterocycles. The molecular formula is C24H28IN7O6. The number of aromatic hydroxyl groups is 1. The number of ether oxygens (including phenoxy) is 3. The van der Waals surface area contributed by atoms with Crippen molar-refractivity contribution >= 4 is 57.3 Å². The van der Waals surface area contributed by atoms with Crippen LogP contribution >= 0.6 is 22.6 Å². The summed E-state index contributed by atoms with van der Waals surface area (Å²) in [5.41, 5.74) is 2.47. The summed E-state index contributed by atoms with van der Waals surface area (Å²) in [7, 11) is 2.78. The predicted octanol–water partition coefficient (Wildman–Crippen LogP) is 3.79. The van der Waals surface area contributed by atoms with E-state index in [4.69, 9.17) is 9.47 Å². The molecule has 0 saturated heterocycles. The Morgan fingerprint density at radius 2 is 2.00 bits per heavy atom. The molecule has 14 heteroatoms. The average molecular weight is 637 g/mol. The number of nitrogens with one attached hydrogen (secondary N) is 1. The van der Waals surface area contributed by atoms with Crippen LogP contribution in [0.5, 0.6) is 11.6 Å². The summed E-state index contributed by atoms with van der Waals surface area (Å²) < 4.78 is 17.8. The fraction of sp³-hybridized carbons (Fsp3) is 0.417. The van der Waals surface area contributed by atoms with Crippen LogP contribution in [0, 0.1) is 3.70 Å². The summed E-state index contributed by atoms with van der Waals surface area (Å²) in [6, 6.07) is 1.75. The number of fused-ring (bicyclic) bond motifs is 1. The summed E-state index contributed by atoms with van der Waals surface area (Å²) in [5, 5.41) is 17.6. The topological polar surface area (TPSA) is 154 Å². The van der Waals surface area contributed by atoms with E-state index in [2.05, 4.69) is 30.1 Å². The van der Waals surface area contributed by atoms with E-state index in [0.29, 0.717) is 40.2 Å². The Morgan fingerprint density at radius 3 is 2.63 bits per heavy atom. The maximum absolute atomic E-state index is 12.5. The van der Waals surface area contributed by atoms with E-state index in [1.54, 1.807) is 29.0 Å². The highest BCUT2D eigenvalue weighted by atomic mass is 127. The molecule has 4 rings (SSSR count). The standard InChI is InChI=1S/C24H28IN7O6/c1-24(2,3)38-23(35)31-10-7-13(8-11-31)16-14(15(36-4)6-9-26-16)12-32-18-17(19(25)30-32)27-21(28-20(18)33)29-22(34)37-5/h6-7,9H,8,10-12H2,1-5H3,(H2,27,28,29,33,34). The number of anilines is 1. The van der Waals surface area contributed by atoms with Gasteiger partial charge >= 0.3 is 12.2 Å². The highest BCUT2D eigenvalue weighted by Crippen LogP contribution is 2.33. The molecule has 0 unspecified atom stereocenters. The number of nitrogens with zero attached hydrogens (tertiary/aromatic N) is 6. The largest absolute Gasteiger partial charge is 0.496 e. The third kappa shape index (κ3) is 5.89. The summed E-state index contributed by atoms with van der Waals surface area (Å²) >= 11 is 2.00. The van der Waals surface area contributed by atoms with Gasteiger partial charge < -0.3 is 24.2 Å². The Labute approximate surface area is 232 Å². The van der Waals surface area contributed by atoms with Crippen LogP contribution in [0.4, 0.5) is 15.5 Å². The van der Waals surface area contributed by atoms with Crippen molar-refractivity contribution in [2.45, 2.75) is 39.3 Å². The van der Waals surface area contributed by atoms with Crippen molar-refractivity contribution in [2.24, 2.45) is 0 Å². The quantitative estimate of drug-likeness (QED) is 0.395. The van der Waals surface area contributed by atoms with Gasteiger partial charge in [0, 0.05) is 24.8 Å². The van der Waals surface area contributed by atoms with Crippen molar-refractivity contribution in [2.75, 3.05) is 32.6 Å². The van der Waals surface area contributed by atoms with Crippen LogP contribution in [0.2, 0.25) is 0 Å². The average Bonchev–Trinajstić information content (AvgIpc) is 3.18. The zero-order valence-corrected chi connectivity index (χ0v) is 23.8. The van der Waals surface area contributed by atoms with Crippen molar-refractivity contribution in [3.63, 3.8) is 0 Å². The van der Waals surface area contributed by atoms with Crippen LogP contribution in [0.1, 0.15) is 38.4 Å². The highest BCUT2D eigenvalue weighted by molar-refractivity contribution is 14.1. The van der Waals surface area contributed by atoms with Crippen molar-refractivity contribution in [1.29, 1.82) is 0 Å². The Balaban J connectivity index is 1.67. The SMILES string of the molecule is COC(=O)Nc1nc(O)c2c(n1)c(I)nn2Cc1c(OC)ccnc1C1=CCN(C(=O)OC(C)(C)C)CC1. The van der Waals surface area contributed by atoms with Crippen LogP contribution in [0.25, 0.3) is 16.6 Å². The van der Waals surface area contributed by atoms with Gasteiger partial charge in [-0.25, -0.2) is 14.6 Å². The van der Waals surface area contributed by atoms with Gasteiger partial charge in [-0.05, 0) is 61.4 Å². The lowest BCUT2D eigenvalue weighted by molar-refractivity contribution is 0.0270. The number of hydrogen-bond donors (Lipinski definition) is 2. The normalized spacial score (nSPS) is 13.7. The molecule has 0 fully saturated rings. The number of amides is 2. The number of halogens is 1. The Kier molecular flexibility index (Phi) is 7.89. The van der Waals surface area contributed by atoms with Gasteiger partial charge in [0.25, 0.3) is 0 Å². The van der Waals surface area contributed by atoms with E-state index in [1.165, 1.54) is 7.11 Å². The van der Waals surface area contributed by atoms with E-state index in [1.807, 2.05) is 49.4 Å². The number of pyridine rings is 1. The van der Waals surface area contributed by atoms with Crippen molar-refractivity contribution in [1.82, 2.24) is 29.6 Å². The van der Waals surface area contributed by atoms with E-state index in [9.17, 15) is 14.7 Å². The van der Waals surface area contributed by atoms with Gasteiger partial charge in [-0.1, -0.05) is 6.08 Å². The molecule has 3 aromatic rings. The molecular weight excluding hydrogens is 609 g/mol. The summed E-state index contributed by atoms with van der Waals surface area (Å²) in [6.07, 6.45) is 3.06. The maximum atomic E-state index is 12.5. The molecule has 202 valence electrons. The molecule has 1 aliphatic rings. The fourth-order valence-electron chi connectivity index (χ4n) is 3.96. The van der Waals surface area contributed by atoms with E-state index in [-0.39, 0.29) is 30.0 Å². The Bertz CT molecular complexity index is 1420. The smallest absolute Gasteiger partial charge is 0.413 e. The number of hydrogen-bond acceptors (Lipinski definition) is 10. The van der Waals surface area contributed by atoms with Crippen molar-refractivity contribution < 1.29 is 28.9 Å². The van der Waals surface area contributed by atoms with E-state index >= 15 is 0 Å². The predicted molar refractivity (Wildman–Crippen MR) is 146 cm³/mol. The first kappa shape index (κ1) is 27.3. The lowest BCUT2D eigenvalue weighted by Gasteiger charge is -2.30. The number of rotatable bonds is 5. The van der Waals surface area contributed by atoms with Gasteiger partial charge in [0.2, 0.25) is 11.8 Å². The molecule has 13 nitrogen and oxygen atoms in total. The highest BCUT2D eigenvalue weighted by Gasteiger charge is 2.26. The van der Waals surface area contributed by atoms with Gasteiger partial charge in [0.05, 0.1) is 26.5 Å². The van der Waals surface area contributed by atoms with Gasteiger partial charge in [0.1, 0.15) is 20.6 Å². The Hall–Kier alpha value is -3.69. The molecule has 0 aliphatic carbocycles. The zero-order valence-electron chi connectivity index (χ0n) is 21.6. The zero-order chi connectivity index (χ0) is 27.6. The molecule has 0 spiro atoms. The minimum Gasteiger partial charge on any atom is -0.496 e. The molecule has 0 aromatic carbocycles. The maximum Gasteiger partial charge on any atom is 0.413 e. The van der Waals surface area contributed by atoms with Crippen LogP contribution < -0.4 is 10.1 Å². The third-order valence-electron chi connectivity index (χ3n) is 5.63.